The van der Waals surface area contributed by atoms with Crippen molar-refractivity contribution in [3.8, 4) is 0 Å². The van der Waals surface area contributed by atoms with E-state index < -0.39 is 12.1 Å². The molecule has 2 heterocycles. The normalized spacial score (nSPS) is 30.3. The van der Waals surface area contributed by atoms with Gasteiger partial charge < -0.3 is 14.6 Å². The summed E-state index contributed by atoms with van der Waals surface area (Å²) < 4.78 is 10.5. The third-order valence-electron chi connectivity index (χ3n) is 3.08. The number of carbonyl (C=O) groups is 1. The molecule has 2 aliphatic rings. The van der Waals surface area contributed by atoms with Crippen molar-refractivity contribution in [1.82, 2.24) is 4.90 Å². The lowest BCUT2D eigenvalue weighted by Gasteiger charge is -2.38. The Labute approximate surface area is 89.0 Å². The first-order chi connectivity index (χ1) is 7.27. The van der Waals surface area contributed by atoms with E-state index in [9.17, 15) is 4.79 Å². The average molecular weight is 215 g/mol. The maximum Gasteiger partial charge on any atom is 0.334 e. The van der Waals surface area contributed by atoms with Gasteiger partial charge in [-0.2, -0.15) is 0 Å². The molecule has 2 saturated heterocycles. The number of morpholine rings is 1. The van der Waals surface area contributed by atoms with Gasteiger partial charge in [0.05, 0.1) is 6.61 Å². The number of ether oxygens (including phenoxy) is 2. The number of hydrogen-bond acceptors (Lipinski definition) is 4. The van der Waals surface area contributed by atoms with Crippen LogP contribution in [-0.2, 0) is 14.3 Å². The fourth-order valence-electron chi connectivity index (χ4n) is 2.20. The molecule has 1 N–H and O–H groups in total. The van der Waals surface area contributed by atoms with Gasteiger partial charge in [-0.25, -0.2) is 4.79 Å². The lowest BCUT2D eigenvalue weighted by atomic mass is 10.1. The fourth-order valence-corrected chi connectivity index (χ4v) is 2.20. The van der Waals surface area contributed by atoms with Crippen LogP contribution in [-0.4, -0.2) is 61.0 Å². The Hall–Kier alpha value is -0.650. The van der Waals surface area contributed by atoms with Crippen LogP contribution >= 0.6 is 0 Å². The van der Waals surface area contributed by atoms with Crippen LogP contribution in [0.5, 0.6) is 0 Å². The summed E-state index contributed by atoms with van der Waals surface area (Å²) in [6.45, 7) is 3.46. The van der Waals surface area contributed by atoms with Gasteiger partial charge in [-0.3, -0.25) is 4.90 Å². The molecule has 0 spiro atoms. The van der Waals surface area contributed by atoms with Gasteiger partial charge in [0.1, 0.15) is 0 Å². The molecule has 0 aromatic carbocycles. The van der Waals surface area contributed by atoms with Crippen molar-refractivity contribution in [1.29, 1.82) is 0 Å². The molecule has 1 unspecified atom stereocenters. The molecule has 0 aromatic heterocycles. The minimum Gasteiger partial charge on any atom is -0.479 e. The van der Waals surface area contributed by atoms with Crippen LogP contribution in [0.15, 0.2) is 0 Å². The molecule has 1 atom stereocenters. The van der Waals surface area contributed by atoms with Gasteiger partial charge in [0.25, 0.3) is 0 Å². The summed E-state index contributed by atoms with van der Waals surface area (Å²) >= 11 is 0. The topological polar surface area (TPSA) is 59.0 Å². The van der Waals surface area contributed by atoms with Crippen molar-refractivity contribution < 1.29 is 19.4 Å². The highest BCUT2D eigenvalue weighted by molar-refractivity contribution is 5.72. The van der Waals surface area contributed by atoms with E-state index in [2.05, 4.69) is 4.90 Å². The Morgan fingerprint density at radius 1 is 1.27 bits per heavy atom. The third kappa shape index (κ3) is 2.68. The second kappa shape index (κ2) is 4.92. The number of hydrogen-bond donors (Lipinski definition) is 1. The maximum absolute atomic E-state index is 10.8. The van der Waals surface area contributed by atoms with Gasteiger partial charge in [-0.05, 0) is 12.8 Å². The number of aliphatic carboxylic acids is 1. The van der Waals surface area contributed by atoms with E-state index in [0.717, 1.165) is 32.6 Å². The summed E-state index contributed by atoms with van der Waals surface area (Å²) in [5.74, 6) is -0.855. The SMILES string of the molecule is O=C(O)C1CN(C2CCOCC2)CCO1. The van der Waals surface area contributed by atoms with Crippen molar-refractivity contribution in [2.45, 2.75) is 25.0 Å². The van der Waals surface area contributed by atoms with Crippen LogP contribution in [0.1, 0.15) is 12.8 Å². The van der Waals surface area contributed by atoms with E-state index in [4.69, 9.17) is 14.6 Å². The van der Waals surface area contributed by atoms with Crippen LogP contribution in [0.3, 0.4) is 0 Å². The van der Waals surface area contributed by atoms with Crippen LogP contribution in [0.2, 0.25) is 0 Å². The lowest BCUT2D eigenvalue weighted by Crippen LogP contribution is -2.51. The second-order valence-corrected chi connectivity index (χ2v) is 4.04. The van der Waals surface area contributed by atoms with Gasteiger partial charge in [0.2, 0.25) is 0 Å². The van der Waals surface area contributed by atoms with Crippen LogP contribution in [0, 0.1) is 0 Å². The number of rotatable bonds is 2. The molecule has 15 heavy (non-hydrogen) atoms. The molecule has 5 heteroatoms. The molecule has 2 rings (SSSR count). The Bertz CT molecular complexity index is 227. The van der Waals surface area contributed by atoms with Crippen LogP contribution in [0.25, 0.3) is 0 Å². The number of carboxylic acids is 1. The van der Waals surface area contributed by atoms with Gasteiger partial charge in [-0.1, -0.05) is 0 Å². The zero-order chi connectivity index (χ0) is 10.7. The molecule has 2 aliphatic heterocycles. The minimum absolute atomic E-state index is 0.476. The molecule has 5 nitrogen and oxygen atoms in total. The van der Waals surface area contributed by atoms with Crippen molar-refractivity contribution >= 4 is 5.97 Å². The monoisotopic (exact) mass is 215 g/mol. The van der Waals surface area contributed by atoms with E-state index >= 15 is 0 Å². The summed E-state index contributed by atoms with van der Waals surface area (Å²) in [5.41, 5.74) is 0. The predicted molar refractivity (Wildman–Crippen MR) is 52.8 cm³/mol. The Morgan fingerprint density at radius 3 is 2.67 bits per heavy atom. The van der Waals surface area contributed by atoms with Crippen molar-refractivity contribution in [2.75, 3.05) is 32.9 Å². The summed E-state index contributed by atoms with van der Waals surface area (Å²) in [5, 5.41) is 8.88. The molecule has 2 fully saturated rings. The zero-order valence-electron chi connectivity index (χ0n) is 8.72. The Morgan fingerprint density at radius 2 is 2.00 bits per heavy atom. The number of nitrogens with zero attached hydrogens (tertiary/aromatic N) is 1. The van der Waals surface area contributed by atoms with E-state index in [0.29, 0.717) is 19.2 Å². The second-order valence-electron chi connectivity index (χ2n) is 4.04. The number of carboxylic acid groups (broad SMARTS) is 1. The fraction of sp³-hybridized carbons (Fsp3) is 0.900. The Kier molecular flexibility index (Phi) is 3.56. The van der Waals surface area contributed by atoms with Gasteiger partial charge in [-0.15, -0.1) is 0 Å². The first-order valence-corrected chi connectivity index (χ1v) is 5.43. The van der Waals surface area contributed by atoms with Crippen molar-refractivity contribution in [3.63, 3.8) is 0 Å². The van der Waals surface area contributed by atoms with Crippen LogP contribution in [0.4, 0.5) is 0 Å². The molecule has 0 radical (unpaired) electrons. The van der Waals surface area contributed by atoms with Crippen LogP contribution < -0.4 is 0 Å². The summed E-state index contributed by atoms with van der Waals surface area (Å²) in [6.07, 6.45) is 1.36. The smallest absolute Gasteiger partial charge is 0.334 e. The maximum atomic E-state index is 10.8. The quantitative estimate of drug-likeness (QED) is 0.700. The first kappa shape index (κ1) is 10.9. The van der Waals surface area contributed by atoms with E-state index in [1.165, 1.54) is 0 Å². The van der Waals surface area contributed by atoms with Crippen molar-refractivity contribution in [2.24, 2.45) is 0 Å². The molecular formula is C10H17NO4. The summed E-state index contributed by atoms with van der Waals surface area (Å²) in [6, 6.07) is 0.476. The molecular weight excluding hydrogens is 198 g/mol. The largest absolute Gasteiger partial charge is 0.479 e. The summed E-state index contributed by atoms with van der Waals surface area (Å²) in [4.78, 5) is 13.0. The zero-order valence-corrected chi connectivity index (χ0v) is 8.72. The Balaban J connectivity index is 1.88. The minimum atomic E-state index is -0.855. The highest BCUT2D eigenvalue weighted by atomic mass is 16.5. The molecule has 0 saturated carbocycles. The van der Waals surface area contributed by atoms with E-state index in [1.807, 2.05) is 0 Å². The highest BCUT2D eigenvalue weighted by Gasteiger charge is 2.30. The van der Waals surface area contributed by atoms with E-state index in [-0.39, 0.29) is 0 Å². The lowest BCUT2D eigenvalue weighted by molar-refractivity contribution is -0.158. The predicted octanol–water partition coefficient (Wildman–Crippen LogP) is -0.0492. The third-order valence-corrected chi connectivity index (χ3v) is 3.08. The van der Waals surface area contributed by atoms with Crippen molar-refractivity contribution in [3.05, 3.63) is 0 Å². The van der Waals surface area contributed by atoms with Gasteiger partial charge in [0.15, 0.2) is 6.10 Å². The molecule has 0 aliphatic carbocycles. The standard InChI is InChI=1S/C10H17NO4/c12-10(13)9-7-11(3-6-15-9)8-1-4-14-5-2-8/h8-9H,1-7H2,(H,12,13). The average Bonchev–Trinajstić information content (AvgIpc) is 2.30. The van der Waals surface area contributed by atoms with Gasteiger partial charge in [0, 0.05) is 32.3 Å². The first-order valence-electron chi connectivity index (χ1n) is 5.43. The highest BCUT2D eigenvalue weighted by Crippen LogP contribution is 2.17. The molecule has 0 amide bonds. The van der Waals surface area contributed by atoms with E-state index in [1.54, 1.807) is 0 Å². The van der Waals surface area contributed by atoms with Gasteiger partial charge >= 0.3 is 5.97 Å². The molecule has 86 valence electrons. The molecule has 0 aromatic rings. The molecule has 0 bridgehead atoms. The summed E-state index contributed by atoms with van der Waals surface area (Å²) in [7, 11) is 0.